The largest absolute Gasteiger partial charge is 0.335 e. The number of aromatic nitrogens is 3. The number of anilines is 1. The number of para-hydroxylation sites is 1. The lowest BCUT2D eigenvalue weighted by atomic mass is 10.1. The molecule has 3 rings (SSSR count). The van der Waals surface area contributed by atoms with Gasteiger partial charge in [0, 0.05) is 19.8 Å². The maximum atomic E-state index is 14.1. The van der Waals surface area contributed by atoms with Crippen molar-refractivity contribution in [2.75, 3.05) is 18.9 Å². The predicted octanol–water partition coefficient (Wildman–Crippen LogP) is 3.76. The smallest absolute Gasteiger partial charge is 0.243 e. The van der Waals surface area contributed by atoms with E-state index in [4.69, 9.17) is 0 Å². The first-order valence-corrected chi connectivity index (χ1v) is 11.1. The quantitative estimate of drug-likeness (QED) is 0.523. The van der Waals surface area contributed by atoms with E-state index in [0.29, 0.717) is 16.5 Å². The van der Waals surface area contributed by atoms with Crippen molar-refractivity contribution in [2.45, 2.75) is 30.7 Å². The van der Waals surface area contributed by atoms with E-state index in [9.17, 15) is 14.0 Å². The van der Waals surface area contributed by atoms with Crippen LogP contribution in [0.3, 0.4) is 0 Å². The van der Waals surface area contributed by atoms with Crippen LogP contribution in [0, 0.1) is 5.82 Å². The lowest BCUT2D eigenvalue weighted by molar-refractivity contribution is -0.132. The van der Waals surface area contributed by atoms with E-state index in [1.54, 1.807) is 43.8 Å². The summed E-state index contributed by atoms with van der Waals surface area (Å²) in [4.78, 5) is 26.6. The fourth-order valence-electron chi connectivity index (χ4n) is 3.25. The number of nitrogens with one attached hydrogen (secondary N) is 1. The van der Waals surface area contributed by atoms with Crippen LogP contribution in [0.4, 0.5) is 10.1 Å². The molecule has 1 unspecified atom stereocenters. The second-order valence-corrected chi connectivity index (χ2v) is 8.67. The SMILES string of the molecule is CCc1ccccc1NC(=O)CN(C)C(=O)C(C)Sc1nnc(-c2ccccc2F)n1C. The summed E-state index contributed by atoms with van der Waals surface area (Å²) in [5, 5.41) is 11.0. The van der Waals surface area contributed by atoms with Crippen LogP contribution in [0.5, 0.6) is 0 Å². The van der Waals surface area contributed by atoms with Crippen LogP contribution in [0.2, 0.25) is 0 Å². The normalized spacial score (nSPS) is 11.8. The van der Waals surface area contributed by atoms with Crippen molar-refractivity contribution >= 4 is 29.3 Å². The lowest BCUT2D eigenvalue weighted by Crippen LogP contribution is -2.39. The zero-order chi connectivity index (χ0) is 23.3. The minimum Gasteiger partial charge on any atom is -0.335 e. The van der Waals surface area contributed by atoms with Crippen molar-refractivity contribution in [2.24, 2.45) is 7.05 Å². The number of carbonyl (C=O) groups is 2. The molecule has 1 N–H and O–H groups in total. The standard InChI is InChI=1S/C23H26FN5O2S/c1-5-16-10-6-9-13-19(16)25-20(30)14-28(3)22(31)15(2)32-23-27-26-21(29(23)4)17-11-7-8-12-18(17)24/h6-13,15H,5,14H2,1-4H3,(H,25,30). The average Bonchev–Trinajstić information content (AvgIpc) is 3.13. The second-order valence-electron chi connectivity index (χ2n) is 7.36. The van der Waals surface area contributed by atoms with Gasteiger partial charge in [-0.2, -0.15) is 0 Å². The number of amides is 2. The molecule has 0 aliphatic carbocycles. The molecule has 0 bridgehead atoms. The summed E-state index contributed by atoms with van der Waals surface area (Å²) < 4.78 is 15.8. The van der Waals surface area contributed by atoms with Crippen molar-refractivity contribution < 1.29 is 14.0 Å². The third kappa shape index (κ3) is 5.34. The van der Waals surface area contributed by atoms with Gasteiger partial charge in [0.2, 0.25) is 11.8 Å². The Morgan fingerprint density at radius 1 is 1.16 bits per heavy atom. The molecule has 9 heteroatoms. The monoisotopic (exact) mass is 455 g/mol. The molecule has 0 saturated carbocycles. The van der Waals surface area contributed by atoms with Gasteiger partial charge in [-0.05, 0) is 37.1 Å². The molecule has 0 saturated heterocycles. The first-order valence-electron chi connectivity index (χ1n) is 10.3. The van der Waals surface area contributed by atoms with Gasteiger partial charge in [-0.25, -0.2) is 4.39 Å². The highest BCUT2D eigenvalue weighted by atomic mass is 32.2. The Kier molecular flexibility index (Phi) is 7.63. The molecule has 7 nitrogen and oxygen atoms in total. The number of nitrogens with zero attached hydrogens (tertiary/aromatic N) is 4. The number of hydrogen-bond donors (Lipinski definition) is 1. The van der Waals surface area contributed by atoms with Gasteiger partial charge in [0.05, 0.1) is 17.4 Å². The highest BCUT2D eigenvalue weighted by Gasteiger charge is 2.24. The molecule has 0 aliphatic rings. The molecule has 1 heterocycles. The van der Waals surface area contributed by atoms with Crippen molar-refractivity contribution in [1.82, 2.24) is 19.7 Å². The van der Waals surface area contributed by atoms with E-state index in [-0.39, 0.29) is 24.2 Å². The van der Waals surface area contributed by atoms with Gasteiger partial charge in [0.25, 0.3) is 0 Å². The topological polar surface area (TPSA) is 80.1 Å². The Hall–Kier alpha value is -3.20. The number of halogens is 1. The fourth-order valence-corrected chi connectivity index (χ4v) is 4.18. The van der Waals surface area contributed by atoms with Gasteiger partial charge in [-0.15, -0.1) is 10.2 Å². The molecular weight excluding hydrogens is 429 g/mol. The van der Waals surface area contributed by atoms with Gasteiger partial charge in [-0.1, -0.05) is 49.0 Å². The van der Waals surface area contributed by atoms with Crippen LogP contribution in [0.15, 0.2) is 53.7 Å². The second kappa shape index (κ2) is 10.4. The van der Waals surface area contributed by atoms with Gasteiger partial charge < -0.3 is 14.8 Å². The number of rotatable bonds is 8. The molecule has 168 valence electrons. The number of likely N-dealkylation sites (N-methyl/N-ethyl adjacent to an activating group) is 1. The van der Waals surface area contributed by atoms with Crippen LogP contribution >= 0.6 is 11.8 Å². The van der Waals surface area contributed by atoms with Crippen molar-refractivity contribution in [1.29, 1.82) is 0 Å². The molecule has 32 heavy (non-hydrogen) atoms. The lowest BCUT2D eigenvalue weighted by Gasteiger charge is -2.21. The van der Waals surface area contributed by atoms with Crippen LogP contribution < -0.4 is 5.32 Å². The molecule has 0 radical (unpaired) electrons. The average molecular weight is 456 g/mol. The molecule has 2 amide bonds. The molecule has 2 aromatic carbocycles. The fraction of sp³-hybridized carbons (Fsp3) is 0.304. The maximum absolute atomic E-state index is 14.1. The molecule has 0 spiro atoms. The summed E-state index contributed by atoms with van der Waals surface area (Å²) in [5.74, 6) is -0.490. The van der Waals surface area contributed by atoms with E-state index in [2.05, 4.69) is 15.5 Å². The van der Waals surface area contributed by atoms with Gasteiger partial charge >= 0.3 is 0 Å². The zero-order valence-electron chi connectivity index (χ0n) is 18.5. The number of benzene rings is 2. The predicted molar refractivity (Wildman–Crippen MR) is 124 cm³/mol. The summed E-state index contributed by atoms with van der Waals surface area (Å²) >= 11 is 1.21. The number of hydrogen-bond acceptors (Lipinski definition) is 5. The Balaban J connectivity index is 1.62. The number of aryl methyl sites for hydroxylation is 1. The molecule has 0 fully saturated rings. The maximum Gasteiger partial charge on any atom is 0.243 e. The van der Waals surface area contributed by atoms with E-state index in [1.807, 2.05) is 31.2 Å². The first-order chi connectivity index (χ1) is 15.3. The summed E-state index contributed by atoms with van der Waals surface area (Å²) in [6, 6.07) is 13.9. The number of carbonyl (C=O) groups excluding carboxylic acids is 2. The van der Waals surface area contributed by atoms with Crippen LogP contribution in [0.1, 0.15) is 19.4 Å². The van der Waals surface area contributed by atoms with Crippen molar-refractivity contribution in [3.63, 3.8) is 0 Å². The highest BCUT2D eigenvalue weighted by molar-refractivity contribution is 8.00. The Bertz CT molecular complexity index is 1120. The molecule has 3 aromatic rings. The summed E-state index contributed by atoms with van der Waals surface area (Å²) in [7, 11) is 3.32. The van der Waals surface area contributed by atoms with E-state index in [0.717, 1.165) is 17.7 Å². The minimum atomic E-state index is -0.507. The van der Waals surface area contributed by atoms with Gasteiger partial charge in [-0.3, -0.25) is 9.59 Å². The van der Waals surface area contributed by atoms with Gasteiger partial charge in [0.15, 0.2) is 11.0 Å². The Morgan fingerprint density at radius 3 is 2.56 bits per heavy atom. The van der Waals surface area contributed by atoms with Crippen LogP contribution in [-0.4, -0.2) is 50.3 Å². The Morgan fingerprint density at radius 2 is 1.84 bits per heavy atom. The highest BCUT2D eigenvalue weighted by Crippen LogP contribution is 2.27. The van der Waals surface area contributed by atoms with Crippen molar-refractivity contribution in [3.05, 3.63) is 59.9 Å². The van der Waals surface area contributed by atoms with E-state index in [1.165, 1.54) is 22.7 Å². The molecular formula is C23H26FN5O2S. The molecule has 1 aromatic heterocycles. The summed E-state index contributed by atoms with van der Waals surface area (Å²) in [6.07, 6.45) is 0.797. The van der Waals surface area contributed by atoms with Crippen LogP contribution in [0.25, 0.3) is 11.4 Å². The third-order valence-electron chi connectivity index (χ3n) is 5.01. The third-order valence-corrected chi connectivity index (χ3v) is 6.13. The van der Waals surface area contributed by atoms with Crippen molar-refractivity contribution in [3.8, 4) is 11.4 Å². The van der Waals surface area contributed by atoms with Gasteiger partial charge in [0.1, 0.15) is 5.82 Å². The van der Waals surface area contributed by atoms with E-state index < -0.39 is 5.25 Å². The minimum absolute atomic E-state index is 0.0684. The van der Waals surface area contributed by atoms with Crippen LogP contribution in [-0.2, 0) is 23.1 Å². The first kappa shape index (κ1) is 23.5. The zero-order valence-corrected chi connectivity index (χ0v) is 19.3. The molecule has 0 aliphatic heterocycles. The molecule has 1 atom stereocenters. The number of thioether (sulfide) groups is 1. The summed E-state index contributed by atoms with van der Waals surface area (Å²) in [5.41, 5.74) is 2.13. The summed E-state index contributed by atoms with van der Waals surface area (Å²) in [6.45, 7) is 3.69. The Labute approximate surface area is 191 Å². The van der Waals surface area contributed by atoms with E-state index >= 15 is 0 Å².